The van der Waals surface area contributed by atoms with Gasteiger partial charge in [-0.25, -0.2) is 105 Å². The van der Waals surface area contributed by atoms with Gasteiger partial charge in [0, 0.05) is 0 Å². The minimum atomic E-state index is -6.59. The Morgan fingerprint density at radius 3 is 0.407 bits per heavy atom. The molecule has 3 heterocycles. The third-order valence-corrected chi connectivity index (χ3v) is 20.9. The topological polar surface area (TPSA) is 130 Å². The van der Waals surface area contributed by atoms with E-state index in [4.69, 9.17) is 28.5 Å². The number of alkyl halides is 18. The first kappa shape index (κ1) is 94.9. The lowest BCUT2D eigenvalue weighted by Gasteiger charge is -2.37. The Balaban J connectivity index is 1.69. The number of hydrogen-bond acceptors (Lipinski definition) is 18. The van der Waals surface area contributed by atoms with Crippen molar-refractivity contribution in [1.82, 2.24) is 0 Å². The highest BCUT2D eigenvalue weighted by molar-refractivity contribution is 8.26. The number of benzene rings is 6. The summed E-state index contributed by atoms with van der Waals surface area (Å²) in [6.07, 6.45) is -47.7. The van der Waals surface area contributed by atoms with Crippen LogP contribution in [0.25, 0.3) is 0 Å². The largest absolute Gasteiger partial charge is 0.609 e. The number of hydrogen-bond donors (Lipinski definition) is 0. The van der Waals surface area contributed by atoms with Gasteiger partial charge in [-0.1, -0.05) is 123 Å². The fourth-order valence-corrected chi connectivity index (χ4v) is 14.3. The van der Waals surface area contributed by atoms with E-state index in [0.29, 0.717) is 0 Å². The van der Waals surface area contributed by atoms with E-state index in [0.717, 1.165) is 13.8 Å². The van der Waals surface area contributed by atoms with Crippen molar-refractivity contribution in [3.05, 3.63) is 173 Å². The van der Waals surface area contributed by atoms with Gasteiger partial charge >= 0.3 is 50.6 Å². The summed E-state index contributed by atoms with van der Waals surface area (Å²) < 4.78 is 667. The van der Waals surface area contributed by atoms with Crippen molar-refractivity contribution in [2.24, 2.45) is 30.9 Å². The molecule has 2 bridgehead atoms. The standard InChI is InChI=1S/C56H18B2F42N6O6S6/c1-3-5-7-57-107-101-45(113-39-27(71)15(59)9(51(83,84)85)16(60)28(39)72)48(116-42-33(77)21(65)12(54(92,93)94)22(66)34(42)78)104-110-58(8-6-4-2,111-105-49(117-43-35(79)23(67)13(55(95,96)97)24(68)36(43)80)46(102-108-57)114-40-29(73)17(61)10(52(86,87)88)18(62)30(40)74)112-106-50(118-44-37(81)25(69)14(56(98,99)100)26(70)38(44)82)47(103-109-57)115-41-31(75)19(63)11(53(89,90)91)20(64)32(41)76/h3-8H2,1-2H3/q-2/b101-45-,102-46-,103-47-,104-48-,105-49-,106-50?. The highest BCUT2D eigenvalue weighted by Crippen LogP contribution is 2.50. The van der Waals surface area contributed by atoms with Crippen LogP contribution in [-0.4, -0.2) is 43.8 Å². The molecule has 118 heavy (non-hydrogen) atoms. The molecule has 646 valence electrons. The maximum atomic E-state index is 16.3. The molecule has 0 atom stereocenters. The normalized spacial score (nSPS) is 19.2. The molecule has 6 aromatic carbocycles. The second-order valence-corrected chi connectivity index (χ2v) is 28.2. The van der Waals surface area contributed by atoms with Crippen molar-refractivity contribution in [2.75, 3.05) is 0 Å². The van der Waals surface area contributed by atoms with E-state index in [2.05, 4.69) is 30.9 Å². The molecule has 3 aliphatic heterocycles. The summed E-state index contributed by atoms with van der Waals surface area (Å²) in [5.41, 5.74) is -21.5. The number of nitrogens with zero attached hydrogens (tertiary/aromatic N) is 6. The average molecular weight is 1880 g/mol. The van der Waals surface area contributed by atoms with Gasteiger partial charge in [0.05, 0.1) is 29.4 Å². The Bertz CT molecular complexity index is 4250. The molecule has 0 N–H and O–H groups in total. The van der Waals surface area contributed by atoms with Gasteiger partial charge in [0.25, 0.3) is 0 Å². The number of oxime groups is 6. The van der Waals surface area contributed by atoms with E-state index in [9.17, 15) is 79.0 Å². The number of halogens is 42. The van der Waals surface area contributed by atoms with Gasteiger partial charge in [0.1, 0.15) is 33.4 Å². The summed E-state index contributed by atoms with van der Waals surface area (Å²) in [5.74, 6) is -84.9. The van der Waals surface area contributed by atoms with E-state index in [1.807, 2.05) is 0 Å². The minimum Gasteiger partial charge on any atom is -0.539 e. The van der Waals surface area contributed by atoms with Crippen molar-refractivity contribution in [1.29, 1.82) is 0 Å². The van der Waals surface area contributed by atoms with E-state index < -0.39 is 392 Å². The molecule has 0 aliphatic carbocycles. The maximum absolute atomic E-state index is 16.3. The van der Waals surface area contributed by atoms with Crippen LogP contribution in [0.15, 0.2) is 60.3 Å². The molecule has 9 rings (SSSR count). The zero-order chi connectivity index (χ0) is 89.2. The molecule has 0 saturated heterocycles. The molecule has 0 spiro atoms. The highest BCUT2D eigenvalue weighted by Gasteiger charge is 2.52. The molecule has 62 heteroatoms. The lowest BCUT2D eigenvalue weighted by atomic mass is 9.73. The Kier molecular flexibility index (Phi) is 28.0. The lowest BCUT2D eigenvalue weighted by Crippen LogP contribution is -2.44. The number of unbranched alkanes of at least 4 members (excludes halogenated alkanes) is 2. The van der Waals surface area contributed by atoms with Gasteiger partial charge in [0.2, 0.25) is 0 Å². The van der Waals surface area contributed by atoms with E-state index in [-0.39, 0.29) is 0 Å². The summed E-state index contributed by atoms with van der Waals surface area (Å²) in [6.45, 7) is -10.3. The third kappa shape index (κ3) is 18.9. The quantitative estimate of drug-likeness (QED) is 0.0657. The summed E-state index contributed by atoms with van der Waals surface area (Å²) in [5, 5.41) is 2.65. The van der Waals surface area contributed by atoms with Gasteiger partial charge in [-0.2, -0.15) is 79.0 Å². The van der Waals surface area contributed by atoms with Gasteiger partial charge in [0.15, 0.2) is 170 Å². The minimum absolute atomic E-state index is 0.814. The second kappa shape index (κ2) is 34.9. The van der Waals surface area contributed by atoms with Crippen LogP contribution in [0.3, 0.4) is 0 Å². The smallest absolute Gasteiger partial charge is 0.539 e. The third-order valence-electron chi connectivity index (χ3n) is 14.4. The summed E-state index contributed by atoms with van der Waals surface area (Å²) in [4.78, 5) is -17.0. The van der Waals surface area contributed by atoms with Crippen LogP contribution in [0.4, 0.5) is 184 Å². The van der Waals surface area contributed by atoms with Crippen LogP contribution in [0, 0.1) is 140 Å². The van der Waals surface area contributed by atoms with Crippen molar-refractivity contribution in [2.45, 2.75) is 119 Å². The molecule has 0 radical (unpaired) electrons. The van der Waals surface area contributed by atoms with Crippen molar-refractivity contribution >= 4 is 114 Å². The zero-order valence-electron chi connectivity index (χ0n) is 54.9. The predicted molar refractivity (Wildman–Crippen MR) is 325 cm³/mol. The van der Waals surface area contributed by atoms with Crippen molar-refractivity contribution in [3.8, 4) is 0 Å². The van der Waals surface area contributed by atoms with E-state index >= 15 is 105 Å². The van der Waals surface area contributed by atoms with Gasteiger partial charge in [-0.3, -0.25) is 0 Å². The van der Waals surface area contributed by atoms with Crippen LogP contribution in [0.1, 0.15) is 72.9 Å². The Hall–Kier alpha value is -8.57. The van der Waals surface area contributed by atoms with Crippen LogP contribution < -0.4 is 0 Å². The SMILES string of the molecule is CCCC[B-]12ON=C(Sc3c(F)c(F)c(C(F)(F)F)c(F)c3F)/C(Sc3c(F)c(F)c(C(F)(F)F)c(F)c3F)=N/O[B-](CCCC)(O/N=C(Sc3c(F)c(F)c(C(F)(F)F)c(F)c3F)/C(Sc3c(F)c(F)c(C(F)(F)F)c(F)c3F)=N/O1)O/N=C(Sc1c(F)c(F)c(C(F)(F)F)c(F)c1F)/C(Sc1c(F)c(F)c(C(F)(F)F)c(F)c1F)=N/O2. The first-order valence-corrected chi connectivity index (χ1v) is 34.6. The van der Waals surface area contributed by atoms with E-state index in [1.165, 1.54) is 0 Å². The second-order valence-electron chi connectivity index (χ2n) is 22.2. The van der Waals surface area contributed by atoms with Crippen LogP contribution in [0.5, 0.6) is 0 Å². The van der Waals surface area contributed by atoms with E-state index in [1.54, 1.807) is 0 Å². The first-order valence-electron chi connectivity index (χ1n) is 29.7. The lowest BCUT2D eigenvalue weighted by molar-refractivity contribution is -0.144. The Morgan fingerprint density at radius 2 is 0.314 bits per heavy atom. The molecule has 12 nitrogen and oxygen atoms in total. The monoisotopic (exact) mass is 1880 g/mol. The molecule has 6 aromatic rings. The molecule has 0 unspecified atom stereocenters. The highest BCUT2D eigenvalue weighted by atomic mass is 32.2. The summed E-state index contributed by atoms with van der Waals surface area (Å²) in [6, 6.07) is 0. The van der Waals surface area contributed by atoms with Crippen molar-refractivity contribution < 1.29 is 213 Å². The molecule has 0 fully saturated rings. The predicted octanol–water partition coefficient (Wildman–Crippen LogP) is 24.7. The maximum Gasteiger partial charge on any atom is 0.609 e. The van der Waals surface area contributed by atoms with Crippen LogP contribution in [-0.2, 0) is 65.6 Å². The molecule has 3 aliphatic rings. The van der Waals surface area contributed by atoms with Crippen molar-refractivity contribution in [3.63, 3.8) is 0 Å². The molecular weight excluding hydrogens is 1860 g/mol. The van der Waals surface area contributed by atoms with Crippen LogP contribution >= 0.6 is 70.6 Å². The molecular formula is C56H18B2F42N6O6S6-2. The fourth-order valence-electron chi connectivity index (χ4n) is 9.00. The summed E-state index contributed by atoms with van der Waals surface area (Å²) >= 11 is -9.60. The molecule has 0 aromatic heterocycles. The van der Waals surface area contributed by atoms with Gasteiger partial charge in [-0.15, -0.1) is 30.9 Å². The van der Waals surface area contributed by atoms with Gasteiger partial charge < -0.3 is 28.5 Å². The number of rotatable bonds is 12. The number of fused-ring (bicyclic) bond motifs is 9. The zero-order valence-corrected chi connectivity index (χ0v) is 59.8. The molecule has 0 amide bonds. The summed E-state index contributed by atoms with van der Waals surface area (Å²) in [7, 11) is 0. The fraction of sp³-hybridized carbons (Fsp3) is 0.250. The van der Waals surface area contributed by atoms with Gasteiger partial charge in [-0.05, 0) is 0 Å². The Labute approximate surface area is 647 Å². The Morgan fingerprint density at radius 1 is 0.203 bits per heavy atom. The first-order chi connectivity index (χ1) is 54.2. The average Bonchev–Trinajstić information content (AvgIpc) is 0.773. The van der Waals surface area contributed by atoms with Crippen LogP contribution in [0.2, 0.25) is 12.6 Å². The number of thioether (sulfide) groups is 6. The molecule has 0 saturated carbocycles.